The van der Waals surface area contributed by atoms with Crippen molar-refractivity contribution in [2.45, 2.75) is 26.2 Å². The van der Waals surface area contributed by atoms with E-state index < -0.39 is 0 Å². The second-order valence-corrected chi connectivity index (χ2v) is 3.54. The van der Waals surface area contributed by atoms with Crippen LogP contribution >= 0.6 is 11.3 Å². The maximum Gasteiger partial charge on any atom is 0.128 e. The fourth-order valence-electron chi connectivity index (χ4n) is 1.10. The van der Waals surface area contributed by atoms with Crippen molar-refractivity contribution in [3.05, 3.63) is 21.9 Å². The standard InChI is InChI=1S/C9H12OS/c1-3-8-4-5-11-9(8)7(2)6-10/h4-7H,3H2,1-2H3. The first-order valence-electron chi connectivity index (χ1n) is 3.81. The molecule has 0 saturated carbocycles. The third-order valence-corrected chi connectivity index (χ3v) is 2.94. The monoisotopic (exact) mass is 168 g/mol. The van der Waals surface area contributed by atoms with Crippen molar-refractivity contribution < 1.29 is 4.79 Å². The fourth-order valence-corrected chi connectivity index (χ4v) is 2.11. The molecule has 0 aliphatic heterocycles. The van der Waals surface area contributed by atoms with E-state index in [0.717, 1.165) is 12.7 Å². The summed E-state index contributed by atoms with van der Waals surface area (Å²) in [4.78, 5) is 11.7. The van der Waals surface area contributed by atoms with Gasteiger partial charge < -0.3 is 4.79 Å². The van der Waals surface area contributed by atoms with E-state index in [9.17, 15) is 4.79 Å². The van der Waals surface area contributed by atoms with Gasteiger partial charge in [0, 0.05) is 10.8 Å². The van der Waals surface area contributed by atoms with Crippen LogP contribution < -0.4 is 0 Å². The molecule has 0 spiro atoms. The molecule has 0 amide bonds. The van der Waals surface area contributed by atoms with Gasteiger partial charge in [0.05, 0.1) is 0 Å². The summed E-state index contributed by atoms with van der Waals surface area (Å²) in [7, 11) is 0. The minimum Gasteiger partial charge on any atom is -0.303 e. The summed E-state index contributed by atoms with van der Waals surface area (Å²) < 4.78 is 0. The van der Waals surface area contributed by atoms with Crippen LogP contribution in [0.2, 0.25) is 0 Å². The molecule has 0 aromatic carbocycles. The van der Waals surface area contributed by atoms with Gasteiger partial charge in [-0.15, -0.1) is 11.3 Å². The van der Waals surface area contributed by atoms with Crippen molar-refractivity contribution in [1.29, 1.82) is 0 Å². The highest BCUT2D eigenvalue weighted by atomic mass is 32.1. The molecule has 11 heavy (non-hydrogen) atoms. The molecule has 0 bridgehead atoms. The SMILES string of the molecule is CCc1ccsc1C(C)C=O. The Kier molecular flexibility index (Phi) is 2.83. The normalized spacial score (nSPS) is 12.9. The highest BCUT2D eigenvalue weighted by Gasteiger charge is 2.08. The smallest absolute Gasteiger partial charge is 0.128 e. The molecule has 0 fully saturated rings. The average molecular weight is 168 g/mol. The second kappa shape index (κ2) is 3.67. The first kappa shape index (κ1) is 8.47. The molecule has 1 heterocycles. The van der Waals surface area contributed by atoms with E-state index in [2.05, 4.69) is 13.0 Å². The predicted molar refractivity (Wildman–Crippen MR) is 48.2 cm³/mol. The molecule has 2 heteroatoms. The molecule has 0 N–H and O–H groups in total. The number of aryl methyl sites for hydroxylation is 1. The van der Waals surface area contributed by atoms with Crippen molar-refractivity contribution in [3.8, 4) is 0 Å². The summed E-state index contributed by atoms with van der Waals surface area (Å²) in [6, 6.07) is 2.10. The molecule has 60 valence electrons. The highest BCUT2D eigenvalue weighted by molar-refractivity contribution is 7.10. The summed E-state index contributed by atoms with van der Waals surface area (Å²) >= 11 is 1.68. The van der Waals surface area contributed by atoms with Gasteiger partial charge in [-0.1, -0.05) is 13.8 Å². The minimum absolute atomic E-state index is 0.0740. The summed E-state index contributed by atoms with van der Waals surface area (Å²) in [6.45, 7) is 4.06. The Balaban J connectivity index is 2.91. The van der Waals surface area contributed by atoms with Crippen molar-refractivity contribution in [3.63, 3.8) is 0 Å². The van der Waals surface area contributed by atoms with E-state index in [1.165, 1.54) is 10.4 Å². The Morgan fingerprint density at radius 3 is 3.00 bits per heavy atom. The summed E-state index contributed by atoms with van der Waals surface area (Å²) in [6.07, 6.45) is 2.03. The molecule has 0 radical (unpaired) electrons. The van der Waals surface area contributed by atoms with E-state index in [0.29, 0.717) is 0 Å². The maximum absolute atomic E-state index is 10.5. The zero-order valence-electron chi connectivity index (χ0n) is 6.83. The van der Waals surface area contributed by atoms with Gasteiger partial charge >= 0.3 is 0 Å². The van der Waals surface area contributed by atoms with Gasteiger partial charge in [0.25, 0.3) is 0 Å². The molecule has 1 rings (SSSR count). The number of rotatable bonds is 3. The van der Waals surface area contributed by atoms with Crippen molar-refractivity contribution in [2.24, 2.45) is 0 Å². The molecule has 1 nitrogen and oxygen atoms in total. The van der Waals surface area contributed by atoms with E-state index in [4.69, 9.17) is 0 Å². The Hall–Kier alpha value is -0.630. The van der Waals surface area contributed by atoms with Crippen molar-refractivity contribution in [1.82, 2.24) is 0 Å². The molecular formula is C9H12OS. The zero-order valence-corrected chi connectivity index (χ0v) is 7.65. The van der Waals surface area contributed by atoms with Crippen LogP contribution in [0.25, 0.3) is 0 Å². The Morgan fingerprint density at radius 1 is 1.73 bits per heavy atom. The van der Waals surface area contributed by atoms with Crippen LogP contribution in [0.3, 0.4) is 0 Å². The van der Waals surface area contributed by atoms with Crippen LogP contribution in [-0.2, 0) is 11.2 Å². The third-order valence-electron chi connectivity index (χ3n) is 1.78. The lowest BCUT2D eigenvalue weighted by Gasteiger charge is -2.02. The minimum atomic E-state index is 0.0740. The number of hydrogen-bond acceptors (Lipinski definition) is 2. The maximum atomic E-state index is 10.5. The molecular weight excluding hydrogens is 156 g/mol. The number of hydrogen-bond donors (Lipinski definition) is 0. The van der Waals surface area contributed by atoms with Gasteiger partial charge in [0.2, 0.25) is 0 Å². The molecule has 1 aromatic heterocycles. The summed E-state index contributed by atoms with van der Waals surface area (Å²) in [5.74, 6) is 0.0740. The molecule has 1 unspecified atom stereocenters. The quantitative estimate of drug-likeness (QED) is 0.634. The van der Waals surface area contributed by atoms with Gasteiger partial charge in [-0.2, -0.15) is 0 Å². The predicted octanol–water partition coefficient (Wildman–Crippen LogP) is 2.61. The van der Waals surface area contributed by atoms with Crippen LogP contribution in [0.4, 0.5) is 0 Å². The summed E-state index contributed by atoms with van der Waals surface area (Å²) in [5.41, 5.74) is 1.31. The zero-order chi connectivity index (χ0) is 8.27. The van der Waals surface area contributed by atoms with Gasteiger partial charge in [-0.25, -0.2) is 0 Å². The van der Waals surface area contributed by atoms with Crippen molar-refractivity contribution >= 4 is 17.6 Å². The van der Waals surface area contributed by atoms with Crippen LogP contribution in [0.5, 0.6) is 0 Å². The van der Waals surface area contributed by atoms with Crippen LogP contribution in [-0.4, -0.2) is 6.29 Å². The van der Waals surface area contributed by atoms with Gasteiger partial charge in [0.15, 0.2) is 0 Å². The van der Waals surface area contributed by atoms with Gasteiger partial charge in [0.1, 0.15) is 6.29 Å². The van der Waals surface area contributed by atoms with Crippen LogP contribution in [0.1, 0.15) is 30.2 Å². The Bertz CT molecular complexity index is 239. The molecule has 0 saturated heterocycles. The molecule has 1 aromatic rings. The first-order chi connectivity index (χ1) is 5.29. The Labute approximate surface area is 71.1 Å². The number of carbonyl (C=O) groups is 1. The van der Waals surface area contributed by atoms with E-state index in [-0.39, 0.29) is 5.92 Å². The van der Waals surface area contributed by atoms with Gasteiger partial charge in [-0.05, 0) is 23.4 Å². The first-order valence-corrected chi connectivity index (χ1v) is 4.69. The number of thiophene rings is 1. The summed E-state index contributed by atoms with van der Waals surface area (Å²) in [5, 5.41) is 2.05. The van der Waals surface area contributed by atoms with Crippen molar-refractivity contribution in [2.75, 3.05) is 0 Å². The third kappa shape index (κ3) is 1.69. The Morgan fingerprint density at radius 2 is 2.45 bits per heavy atom. The molecule has 0 aliphatic carbocycles. The lowest BCUT2D eigenvalue weighted by Crippen LogP contribution is -1.94. The fraction of sp³-hybridized carbons (Fsp3) is 0.444. The second-order valence-electron chi connectivity index (χ2n) is 2.59. The van der Waals surface area contributed by atoms with E-state index >= 15 is 0 Å². The van der Waals surface area contributed by atoms with E-state index in [1.54, 1.807) is 11.3 Å². The topological polar surface area (TPSA) is 17.1 Å². The van der Waals surface area contributed by atoms with Crippen LogP contribution in [0.15, 0.2) is 11.4 Å². The van der Waals surface area contributed by atoms with E-state index in [1.807, 2.05) is 12.3 Å². The molecule has 1 atom stereocenters. The largest absolute Gasteiger partial charge is 0.303 e. The number of aldehydes is 1. The van der Waals surface area contributed by atoms with Crippen LogP contribution in [0, 0.1) is 0 Å². The number of carbonyl (C=O) groups excluding carboxylic acids is 1. The lowest BCUT2D eigenvalue weighted by molar-refractivity contribution is -0.108. The average Bonchev–Trinajstić information content (AvgIpc) is 2.50. The molecule has 0 aliphatic rings. The highest BCUT2D eigenvalue weighted by Crippen LogP contribution is 2.24. The lowest BCUT2D eigenvalue weighted by atomic mass is 10.1. The van der Waals surface area contributed by atoms with Gasteiger partial charge in [-0.3, -0.25) is 0 Å².